The Balaban J connectivity index is 1.38. The van der Waals surface area contributed by atoms with Crippen molar-refractivity contribution in [2.75, 3.05) is 18.4 Å². The summed E-state index contributed by atoms with van der Waals surface area (Å²) in [6.45, 7) is 4.06. The highest BCUT2D eigenvalue weighted by Gasteiger charge is 2.29. The van der Waals surface area contributed by atoms with Gasteiger partial charge in [0.25, 0.3) is 0 Å². The van der Waals surface area contributed by atoms with Gasteiger partial charge in [-0.2, -0.15) is 13.2 Å². The minimum atomic E-state index is -4.24. The quantitative estimate of drug-likeness (QED) is 0.548. The van der Waals surface area contributed by atoms with Crippen molar-refractivity contribution in [1.82, 2.24) is 14.9 Å². The number of nitrogens with one attached hydrogen (secondary N) is 1. The molecule has 1 aliphatic rings. The molecule has 1 aliphatic heterocycles. The number of fused-ring (bicyclic) bond motifs is 1. The molecule has 30 heavy (non-hydrogen) atoms. The van der Waals surface area contributed by atoms with Gasteiger partial charge in [-0.05, 0) is 37.5 Å². The van der Waals surface area contributed by atoms with Crippen molar-refractivity contribution >= 4 is 27.4 Å². The number of piperidine rings is 1. The number of rotatable bonds is 5. The van der Waals surface area contributed by atoms with E-state index < -0.39 is 12.6 Å². The average Bonchev–Trinajstić information content (AvgIpc) is 3.07. The first-order valence-corrected chi connectivity index (χ1v) is 10.6. The Kier molecular flexibility index (Phi) is 5.92. The standard InChI is InChI=1S/C21H22F4N4S/c1-13-2-3-14(18(22)8-13)11-29-6-4-15(5-7-29)28-19-17-9-16(10-21(23,24)25)30-20(17)27-12-26-19/h2-3,8-9,12,15H,4-7,10-11H2,1H3,(H,26,27,28). The van der Waals surface area contributed by atoms with Crippen molar-refractivity contribution in [3.63, 3.8) is 0 Å². The summed E-state index contributed by atoms with van der Waals surface area (Å²) in [7, 11) is 0. The van der Waals surface area contributed by atoms with Crippen molar-refractivity contribution in [1.29, 1.82) is 0 Å². The monoisotopic (exact) mass is 438 g/mol. The predicted octanol–water partition coefficient (Wildman–Crippen LogP) is 5.32. The van der Waals surface area contributed by atoms with E-state index in [1.807, 2.05) is 19.1 Å². The Labute approximate surface area is 176 Å². The molecule has 160 valence electrons. The largest absolute Gasteiger partial charge is 0.393 e. The third kappa shape index (κ3) is 5.07. The fourth-order valence-corrected chi connectivity index (χ4v) is 4.78. The molecule has 0 bridgehead atoms. The van der Waals surface area contributed by atoms with Gasteiger partial charge in [0.15, 0.2) is 0 Å². The van der Waals surface area contributed by atoms with E-state index in [2.05, 4.69) is 20.2 Å². The van der Waals surface area contributed by atoms with Crippen LogP contribution in [0.25, 0.3) is 10.2 Å². The summed E-state index contributed by atoms with van der Waals surface area (Å²) in [6.07, 6.45) is -2.13. The van der Waals surface area contributed by atoms with Crippen LogP contribution in [-0.4, -0.2) is 40.2 Å². The van der Waals surface area contributed by atoms with E-state index in [1.165, 1.54) is 12.4 Å². The number of likely N-dealkylation sites (tertiary alicyclic amines) is 1. The average molecular weight is 438 g/mol. The lowest BCUT2D eigenvalue weighted by Crippen LogP contribution is -2.39. The number of aromatic nitrogens is 2. The van der Waals surface area contributed by atoms with Crippen LogP contribution in [0, 0.1) is 12.7 Å². The number of nitrogens with zero attached hydrogens (tertiary/aromatic N) is 3. The summed E-state index contributed by atoms with van der Waals surface area (Å²) in [6, 6.07) is 7.00. The first-order valence-electron chi connectivity index (χ1n) is 9.81. The van der Waals surface area contributed by atoms with E-state index in [0.29, 0.717) is 28.1 Å². The zero-order chi connectivity index (χ0) is 21.3. The van der Waals surface area contributed by atoms with Gasteiger partial charge < -0.3 is 5.32 Å². The molecule has 3 heterocycles. The second-order valence-electron chi connectivity index (χ2n) is 7.74. The molecule has 2 aromatic heterocycles. The summed E-state index contributed by atoms with van der Waals surface area (Å²) in [5.41, 5.74) is 1.60. The number of hydrogen-bond donors (Lipinski definition) is 1. The molecule has 4 nitrogen and oxygen atoms in total. The van der Waals surface area contributed by atoms with Gasteiger partial charge in [0.05, 0.1) is 11.8 Å². The number of hydrogen-bond acceptors (Lipinski definition) is 5. The smallest absolute Gasteiger partial charge is 0.367 e. The lowest BCUT2D eigenvalue weighted by molar-refractivity contribution is -0.126. The van der Waals surface area contributed by atoms with Crippen molar-refractivity contribution < 1.29 is 17.6 Å². The van der Waals surface area contributed by atoms with Crippen LogP contribution >= 0.6 is 11.3 Å². The van der Waals surface area contributed by atoms with Crippen LogP contribution in [0.15, 0.2) is 30.6 Å². The Morgan fingerprint density at radius 2 is 1.93 bits per heavy atom. The summed E-state index contributed by atoms with van der Waals surface area (Å²) in [4.78, 5) is 11.4. The molecule has 1 N–H and O–H groups in total. The van der Waals surface area contributed by atoms with E-state index >= 15 is 0 Å². The molecule has 9 heteroatoms. The number of anilines is 1. The Bertz CT molecular complexity index is 1030. The third-order valence-corrected chi connectivity index (χ3v) is 6.33. The van der Waals surface area contributed by atoms with Gasteiger partial charge in [0.1, 0.15) is 22.8 Å². The Morgan fingerprint density at radius 3 is 2.63 bits per heavy atom. The minimum Gasteiger partial charge on any atom is -0.367 e. The molecule has 0 spiro atoms. The van der Waals surface area contributed by atoms with Gasteiger partial charge in [-0.1, -0.05) is 12.1 Å². The first kappa shape index (κ1) is 21.0. The second-order valence-corrected chi connectivity index (χ2v) is 8.85. The molecule has 0 radical (unpaired) electrons. The lowest BCUT2D eigenvalue weighted by atomic mass is 10.0. The fourth-order valence-electron chi connectivity index (χ4n) is 3.76. The van der Waals surface area contributed by atoms with Crippen molar-refractivity contribution in [3.05, 3.63) is 52.4 Å². The highest BCUT2D eigenvalue weighted by molar-refractivity contribution is 7.18. The normalized spacial score (nSPS) is 16.3. The summed E-state index contributed by atoms with van der Waals surface area (Å²) in [5.74, 6) is 0.401. The topological polar surface area (TPSA) is 41.0 Å². The van der Waals surface area contributed by atoms with Crippen LogP contribution in [0.2, 0.25) is 0 Å². The maximum absolute atomic E-state index is 14.1. The van der Waals surface area contributed by atoms with Crippen LogP contribution in [0.5, 0.6) is 0 Å². The Morgan fingerprint density at radius 1 is 1.17 bits per heavy atom. The van der Waals surface area contributed by atoms with Crippen LogP contribution in [0.1, 0.15) is 28.8 Å². The highest BCUT2D eigenvalue weighted by Crippen LogP contribution is 2.33. The molecule has 1 saturated heterocycles. The molecule has 3 aromatic rings. The van der Waals surface area contributed by atoms with Crippen LogP contribution in [0.3, 0.4) is 0 Å². The molecule has 0 unspecified atom stereocenters. The van der Waals surface area contributed by atoms with Crippen molar-refractivity contribution in [2.24, 2.45) is 0 Å². The lowest BCUT2D eigenvalue weighted by Gasteiger charge is -2.32. The molecule has 1 fully saturated rings. The molecular formula is C21H22F4N4S. The van der Waals surface area contributed by atoms with Crippen molar-refractivity contribution in [2.45, 2.75) is 44.9 Å². The van der Waals surface area contributed by atoms with Gasteiger partial charge >= 0.3 is 6.18 Å². The number of halogens is 4. The number of aryl methyl sites for hydroxylation is 1. The van der Waals surface area contributed by atoms with E-state index in [4.69, 9.17) is 0 Å². The van der Waals surface area contributed by atoms with Gasteiger partial charge in [0.2, 0.25) is 0 Å². The summed E-state index contributed by atoms with van der Waals surface area (Å²) >= 11 is 1.05. The van der Waals surface area contributed by atoms with Crippen LogP contribution in [-0.2, 0) is 13.0 Å². The third-order valence-electron chi connectivity index (χ3n) is 5.29. The maximum atomic E-state index is 14.1. The zero-order valence-electron chi connectivity index (χ0n) is 16.5. The van der Waals surface area contributed by atoms with Gasteiger partial charge in [-0.25, -0.2) is 14.4 Å². The van der Waals surface area contributed by atoms with Crippen LogP contribution in [0.4, 0.5) is 23.4 Å². The molecule has 1 aromatic carbocycles. The molecule has 4 rings (SSSR count). The van der Waals surface area contributed by atoms with Crippen molar-refractivity contribution in [3.8, 4) is 0 Å². The molecule has 0 aliphatic carbocycles. The molecule has 0 amide bonds. The van der Waals surface area contributed by atoms with Gasteiger partial charge in [-0.15, -0.1) is 11.3 Å². The number of alkyl halides is 3. The molecule has 0 saturated carbocycles. The second kappa shape index (κ2) is 8.47. The van der Waals surface area contributed by atoms with Crippen LogP contribution < -0.4 is 5.32 Å². The SMILES string of the molecule is Cc1ccc(CN2CCC(Nc3ncnc4sc(CC(F)(F)F)cc34)CC2)c(F)c1. The Hall–Kier alpha value is -2.26. The maximum Gasteiger partial charge on any atom is 0.393 e. The zero-order valence-corrected chi connectivity index (χ0v) is 17.3. The summed E-state index contributed by atoms with van der Waals surface area (Å²) in [5, 5.41) is 4.01. The molecular weight excluding hydrogens is 416 g/mol. The fraction of sp³-hybridized carbons (Fsp3) is 0.429. The van der Waals surface area contributed by atoms with Gasteiger partial charge in [-0.3, -0.25) is 4.90 Å². The minimum absolute atomic E-state index is 0.160. The molecule has 0 atom stereocenters. The number of benzene rings is 1. The predicted molar refractivity (Wildman–Crippen MR) is 110 cm³/mol. The van der Waals surface area contributed by atoms with E-state index in [0.717, 1.165) is 42.8 Å². The summed E-state index contributed by atoms with van der Waals surface area (Å²) < 4.78 is 52.2. The van der Waals surface area contributed by atoms with E-state index in [9.17, 15) is 17.6 Å². The van der Waals surface area contributed by atoms with E-state index in [1.54, 1.807) is 6.07 Å². The first-order chi connectivity index (χ1) is 14.3. The van der Waals surface area contributed by atoms with E-state index in [-0.39, 0.29) is 16.7 Å². The number of thiophene rings is 1. The highest BCUT2D eigenvalue weighted by atomic mass is 32.1. The van der Waals surface area contributed by atoms with Gasteiger partial charge in [0, 0.05) is 36.1 Å².